The average Bonchev–Trinajstić information content (AvgIpc) is 2.57. The number of aromatic nitrogens is 1. The molecule has 1 aliphatic heterocycles. The molecule has 1 saturated heterocycles. The molecule has 1 aromatic heterocycles. The van der Waals surface area contributed by atoms with Crippen molar-refractivity contribution in [3.05, 3.63) is 23.4 Å². The second-order valence-corrected chi connectivity index (χ2v) is 4.77. The van der Waals surface area contributed by atoms with Crippen molar-refractivity contribution in [3.8, 4) is 0 Å². The van der Waals surface area contributed by atoms with Crippen LogP contribution in [-0.4, -0.2) is 18.1 Å². The van der Waals surface area contributed by atoms with Gasteiger partial charge in [0.2, 0.25) is 0 Å². The van der Waals surface area contributed by atoms with Crippen LogP contribution < -0.4 is 4.90 Å². The van der Waals surface area contributed by atoms with Gasteiger partial charge in [0.15, 0.2) is 0 Å². The molecule has 1 aromatic rings. The van der Waals surface area contributed by atoms with Crippen LogP contribution in [-0.2, 0) is 5.88 Å². The van der Waals surface area contributed by atoms with Crippen molar-refractivity contribution in [3.63, 3.8) is 0 Å². The zero-order valence-corrected chi connectivity index (χ0v) is 10.6. The molecule has 16 heavy (non-hydrogen) atoms. The van der Waals surface area contributed by atoms with Gasteiger partial charge in [0.1, 0.15) is 5.82 Å². The Labute approximate surface area is 103 Å². The zero-order valence-electron chi connectivity index (χ0n) is 9.88. The van der Waals surface area contributed by atoms with E-state index in [4.69, 9.17) is 11.6 Å². The molecule has 0 aliphatic carbocycles. The second kappa shape index (κ2) is 5.53. The van der Waals surface area contributed by atoms with Crippen molar-refractivity contribution in [1.29, 1.82) is 0 Å². The molecule has 1 fully saturated rings. The van der Waals surface area contributed by atoms with Gasteiger partial charge in [0, 0.05) is 25.2 Å². The van der Waals surface area contributed by atoms with Gasteiger partial charge in [0.25, 0.3) is 0 Å². The quantitative estimate of drug-likeness (QED) is 0.733. The van der Waals surface area contributed by atoms with Gasteiger partial charge in [-0.3, -0.25) is 0 Å². The van der Waals surface area contributed by atoms with E-state index in [2.05, 4.69) is 22.9 Å². The molecule has 3 heteroatoms. The summed E-state index contributed by atoms with van der Waals surface area (Å²) in [5.74, 6) is 1.67. The summed E-state index contributed by atoms with van der Waals surface area (Å²) in [5.41, 5.74) is 2.39. The lowest BCUT2D eigenvalue weighted by Gasteiger charge is -2.22. The maximum absolute atomic E-state index is 5.84. The first-order valence-corrected chi connectivity index (χ1v) is 6.61. The third kappa shape index (κ3) is 2.67. The largest absolute Gasteiger partial charge is 0.357 e. The Bertz CT molecular complexity index is 344. The monoisotopic (exact) mass is 238 g/mol. The Hall–Kier alpha value is -0.760. The number of aryl methyl sites for hydroxylation is 1. The molecule has 1 aliphatic rings. The molecule has 0 saturated carbocycles. The number of halogens is 1. The first kappa shape index (κ1) is 11.7. The molecular formula is C13H19ClN2. The standard InChI is InChI=1S/C13H19ClN2/c1-11-8-13(15-10-12(11)9-14)16-6-4-2-3-5-7-16/h8,10H,2-7,9H2,1H3. The maximum atomic E-state index is 5.84. The van der Waals surface area contributed by atoms with Crippen LogP contribution in [0.1, 0.15) is 36.8 Å². The highest BCUT2D eigenvalue weighted by atomic mass is 35.5. The number of pyridine rings is 1. The van der Waals surface area contributed by atoms with Crippen LogP contribution in [0.3, 0.4) is 0 Å². The molecular weight excluding hydrogens is 220 g/mol. The number of anilines is 1. The fraction of sp³-hybridized carbons (Fsp3) is 0.615. The Morgan fingerprint density at radius 1 is 1.25 bits per heavy atom. The van der Waals surface area contributed by atoms with Crippen LogP contribution in [0, 0.1) is 6.92 Å². The predicted molar refractivity (Wildman–Crippen MR) is 69.2 cm³/mol. The van der Waals surface area contributed by atoms with E-state index in [0.717, 1.165) is 24.5 Å². The molecule has 0 bridgehead atoms. The number of rotatable bonds is 2. The minimum absolute atomic E-state index is 0.555. The third-order valence-corrected chi connectivity index (χ3v) is 3.57. The van der Waals surface area contributed by atoms with Gasteiger partial charge in [-0.15, -0.1) is 11.6 Å². The van der Waals surface area contributed by atoms with E-state index < -0.39 is 0 Å². The Morgan fingerprint density at radius 2 is 1.94 bits per heavy atom. The van der Waals surface area contributed by atoms with Crippen LogP contribution in [0.2, 0.25) is 0 Å². The molecule has 0 atom stereocenters. The Balaban J connectivity index is 2.16. The second-order valence-electron chi connectivity index (χ2n) is 4.50. The van der Waals surface area contributed by atoms with Gasteiger partial charge in [-0.05, 0) is 37.0 Å². The molecule has 0 spiro atoms. The number of hydrogen-bond acceptors (Lipinski definition) is 2. The van der Waals surface area contributed by atoms with E-state index >= 15 is 0 Å². The highest BCUT2D eigenvalue weighted by Gasteiger charge is 2.11. The van der Waals surface area contributed by atoms with Crippen LogP contribution in [0.15, 0.2) is 12.3 Å². The summed E-state index contributed by atoms with van der Waals surface area (Å²) in [5, 5.41) is 0. The van der Waals surface area contributed by atoms with E-state index in [1.54, 1.807) is 0 Å². The molecule has 2 nitrogen and oxygen atoms in total. The molecule has 88 valence electrons. The summed E-state index contributed by atoms with van der Waals surface area (Å²) in [7, 11) is 0. The van der Waals surface area contributed by atoms with Crippen LogP contribution >= 0.6 is 11.6 Å². The van der Waals surface area contributed by atoms with E-state index in [9.17, 15) is 0 Å². The number of alkyl halides is 1. The van der Waals surface area contributed by atoms with Crippen molar-refractivity contribution < 1.29 is 0 Å². The third-order valence-electron chi connectivity index (χ3n) is 3.28. The Morgan fingerprint density at radius 3 is 2.50 bits per heavy atom. The predicted octanol–water partition coefficient (Wildman–Crippen LogP) is 3.51. The first-order valence-electron chi connectivity index (χ1n) is 6.07. The summed E-state index contributed by atoms with van der Waals surface area (Å²) >= 11 is 5.84. The smallest absolute Gasteiger partial charge is 0.128 e. The maximum Gasteiger partial charge on any atom is 0.128 e. The van der Waals surface area contributed by atoms with E-state index in [1.165, 1.54) is 31.2 Å². The highest BCUT2D eigenvalue weighted by molar-refractivity contribution is 6.17. The van der Waals surface area contributed by atoms with Crippen molar-refractivity contribution in [2.45, 2.75) is 38.5 Å². The van der Waals surface area contributed by atoms with Crippen molar-refractivity contribution in [2.75, 3.05) is 18.0 Å². The summed E-state index contributed by atoms with van der Waals surface area (Å²) < 4.78 is 0. The minimum Gasteiger partial charge on any atom is -0.357 e. The fourth-order valence-corrected chi connectivity index (χ4v) is 2.46. The molecule has 0 radical (unpaired) electrons. The molecule has 0 unspecified atom stereocenters. The van der Waals surface area contributed by atoms with E-state index in [0.29, 0.717) is 5.88 Å². The summed E-state index contributed by atoms with van der Waals surface area (Å²) in [6, 6.07) is 2.17. The molecule has 2 rings (SSSR count). The van der Waals surface area contributed by atoms with Gasteiger partial charge in [0.05, 0.1) is 0 Å². The first-order chi connectivity index (χ1) is 7.81. The number of hydrogen-bond donors (Lipinski definition) is 0. The van der Waals surface area contributed by atoms with Crippen molar-refractivity contribution >= 4 is 17.4 Å². The summed E-state index contributed by atoms with van der Waals surface area (Å²) in [6.07, 6.45) is 7.21. The topological polar surface area (TPSA) is 16.1 Å². The van der Waals surface area contributed by atoms with Gasteiger partial charge < -0.3 is 4.90 Å². The molecule has 2 heterocycles. The van der Waals surface area contributed by atoms with Crippen LogP contribution in [0.5, 0.6) is 0 Å². The van der Waals surface area contributed by atoms with Crippen molar-refractivity contribution in [1.82, 2.24) is 4.98 Å². The Kier molecular flexibility index (Phi) is 4.05. The molecule has 0 N–H and O–H groups in total. The van der Waals surface area contributed by atoms with Crippen LogP contribution in [0.4, 0.5) is 5.82 Å². The average molecular weight is 239 g/mol. The summed E-state index contributed by atoms with van der Waals surface area (Å²) in [4.78, 5) is 6.92. The van der Waals surface area contributed by atoms with Crippen molar-refractivity contribution in [2.24, 2.45) is 0 Å². The fourth-order valence-electron chi connectivity index (χ4n) is 2.18. The normalized spacial score (nSPS) is 17.2. The lowest BCUT2D eigenvalue weighted by Crippen LogP contribution is -2.25. The van der Waals surface area contributed by atoms with Gasteiger partial charge in [-0.1, -0.05) is 12.8 Å². The van der Waals surface area contributed by atoms with Gasteiger partial charge >= 0.3 is 0 Å². The SMILES string of the molecule is Cc1cc(N2CCCCCC2)ncc1CCl. The van der Waals surface area contributed by atoms with E-state index in [-0.39, 0.29) is 0 Å². The lowest BCUT2D eigenvalue weighted by molar-refractivity contribution is 0.726. The van der Waals surface area contributed by atoms with Crippen LogP contribution in [0.25, 0.3) is 0 Å². The highest BCUT2D eigenvalue weighted by Crippen LogP contribution is 2.20. The zero-order chi connectivity index (χ0) is 11.4. The minimum atomic E-state index is 0.555. The lowest BCUT2D eigenvalue weighted by atomic mass is 10.2. The van der Waals surface area contributed by atoms with Gasteiger partial charge in [-0.2, -0.15) is 0 Å². The van der Waals surface area contributed by atoms with E-state index in [1.807, 2.05) is 6.20 Å². The molecule has 0 amide bonds. The molecule has 0 aromatic carbocycles. The summed E-state index contributed by atoms with van der Waals surface area (Å²) in [6.45, 7) is 4.40. The van der Waals surface area contributed by atoms with Gasteiger partial charge in [-0.25, -0.2) is 4.98 Å². The number of nitrogens with zero attached hydrogens (tertiary/aromatic N) is 2.